The van der Waals surface area contributed by atoms with E-state index in [1.807, 2.05) is 41.2 Å². The van der Waals surface area contributed by atoms with Crippen LogP contribution in [0, 0.1) is 5.82 Å². The van der Waals surface area contributed by atoms with Crippen LogP contribution < -0.4 is 5.32 Å². The van der Waals surface area contributed by atoms with Crippen molar-refractivity contribution in [2.24, 2.45) is 0 Å². The van der Waals surface area contributed by atoms with E-state index in [1.165, 1.54) is 6.07 Å². The van der Waals surface area contributed by atoms with Gasteiger partial charge in [0, 0.05) is 35.8 Å². The molecular formula is C15H16FN3S. The van der Waals surface area contributed by atoms with Crippen LogP contribution in [0.1, 0.15) is 24.2 Å². The van der Waals surface area contributed by atoms with E-state index in [-0.39, 0.29) is 11.9 Å². The molecule has 104 valence electrons. The molecule has 5 heteroatoms. The molecule has 0 saturated carbocycles. The lowest BCUT2D eigenvalue weighted by Crippen LogP contribution is -2.24. The van der Waals surface area contributed by atoms with E-state index >= 15 is 0 Å². The fourth-order valence-electron chi connectivity index (χ4n) is 2.38. The van der Waals surface area contributed by atoms with Crippen molar-refractivity contribution >= 4 is 16.3 Å². The van der Waals surface area contributed by atoms with Crippen molar-refractivity contribution in [2.45, 2.75) is 19.4 Å². The Labute approximate surface area is 121 Å². The Hall–Kier alpha value is -1.72. The van der Waals surface area contributed by atoms with Crippen molar-refractivity contribution < 1.29 is 4.39 Å². The number of imidazole rings is 1. The highest BCUT2D eigenvalue weighted by Crippen LogP contribution is 2.22. The monoisotopic (exact) mass is 289 g/mol. The lowest BCUT2D eigenvalue weighted by atomic mass is 10.0. The third-order valence-electron chi connectivity index (χ3n) is 3.29. The Morgan fingerprint density at radius 1 is 1.40 bits per heavy atom. The van der Waals surface area contributed by atoms with Gasteiger partial charge in [-0.25, -0.2) is 9.37 Å². The predicted molar refractivity (Wildman–Crippen MR) is 79.6 cm³/mol. The molecule has 3 aromatic rings. The largest absolute Gasteiger partial charge is 0.310 e. The minimum Gasteiger partial charge on any atom is -0.310 e. The third kappa shape index (κ3) is 2.59. The van der Waals surface area contributed by atoms with Crippen molar-refractivity contribution in [1.29, 1.82) is 0 Å². The summed E-state index contributed by atoms with van der Waals surface area (Å²) < 4.78 is 16.0. The van der Waals surface area contributed by atoms with Gasteiger partial charge in [-0.15, -0.1) is 11.3 Å². The molecule has 0 aliphatic heterocycles. The molecule has 2 heterocycles. The molecule has 1 N–H and O–H groups in total. The average Bonchev–Trinajstić information content (AvgIpc) is 3.00. The van der Waals surface area contributed by atoms with Gasteiger partial charge in [-0.05, 0) is 12.6 Å². The fourth-order valence-corrected chi connectivity index (χ4v) is 3.10. The number of fused-ring (bicyclic) bond motifs is 1. The summed E-state index contributed by atoms with van der Waals surface area (Å²) >= 11 is 1.60. The fraction of sp³-hybridized carbons (Fsp3) is 0.267. The van der Waals surface area contributed by atoms with Crippen LogP contribution >= 0.6 is 11.3 Å². The van der Waals surface area contributed by atoms with Gasteiger partial charge in [0.1, 0.15) is 5.82 Å². The van der Waals surface area contributed by atoms with E-state index in [1.54, 1.807) is 17.4 Å². The molecule has 0 amide bonds. The van der Waals surface area contributed by atoms with Crippen molar-refractivity contribution in [3.63, 3.8) is 0 Å². The summed E-state index contributed by atoms with van der Waals surface area (Å²) in [7, 11) is 0. The first-order chi connectivity index (χ1) is 9.78. The molecule has 0 radical (unpaired) electrons. The number of thiazole rings is 1. The van der Waals surface area contributed by atoms with E-state index in [9.17, 15) is 4.39 Å². The van der Waals surface area contributed by atoms with Crippen LogP contribution in [0.3, 0.4) is 0 Å². The predicted octanol–water partition coefficient (Wildman–Crippen LogP) is 3.43. The molecule has 1 aromatic carbocycles. The number of likely N-dealkylation sites (N-methyl/N-ethyl adjacent to an activating group) is 1. The van der Waals surface area contributed by atoms with Crippen LogP contribution in [0.2, 0.25) is 0 Å². The number of nitrogens with one attached hydrogen (secondary N) is 1. The Bertz CT molecular complexity index is 675. The number of halogens is 1. The van der Waals surface area contributed by atoms with E-state index in [4.69, 9.17) is 0 Å². The Morgan fingerprint density at radius 2 is 2.25 bits per heavy atom. The van der Waals surface area contributed by atoms with Gasteiger partial charge in [-0.1, -0.05) is 25.1 Å². The van der Waals surface area contributed by atoms with Crippen LogP contribution in [-0.4, -0.2) is 15.9 Å². The summed E-state index contributed by atoms with van der Waals surface area (Å²) in [5.74, 6) is -0.167. The zero-order chi connectivity index (χ0) is 13.9. The van der Waals surface area contributed by atoms with Crippen LogP contribution in [0.4, 0.5) is 4.39 Å². The molecule has 0 aliphatic rings. The van der Waals surface area contributed by atoms with Gasteiger partial charge in [0.15, 0.2) is 4.96 Å². The number of benzene rings is 1. The zero-order valence-corrected chi connectivity index (χ0v) is 12.0. The van der Waals surface area contributed by atoms with Crippen LogP contribution in [0.15, 0.2) is 42.0 Å². The normalized spacial score (nSPS) is 12.9. The SMILES string of the molecule is CCNC(Cc1cn2ccsc2n1)c1ccccc1F. The molecule has 20 heavy (non-hydrogen) atoms. The van der Waals surface area contributed by atoms with Crippen LogP contribution in [0.25, 0.3) is 4.96 Å². The number of rotatable bonds is 5. The van der Waals surface area contributed by atoms with Gasteiger partial charge < -0.3 is 5.32 Å². The number of aromatic nitrogens is 2. The highest BCUT2D eigenvalue weighted by atomic mass is 32.1. The zero-order valence-electron chi connectivity index (χ0n) is 11.2. The standard InChI is InChI=1S/C15H16FN3S/c1-2-17-14(12-5-3-4-6-13(12)16)9-11-10-19-7-8-20-15(19)18-11/h3-8,10,14,17H,2,9H2,1H3. The molecule has 1 atom stereocenters. The third-order valence-corrected chi connectivity index (χ3v) is 4.06. The number of hydrogen-bond acceptors (Lipinski definition) is 3. The lowest BCUT2D eigenvalue weighted by molar-refractivity contribution is 0.507. The molecule has 0 saturated heterocycles. The molecule has 3 nitrogen and oxygen atoms in total. The molecule has 0 aliphatic carbocycles. The van der Waals surface area contributed by atoms with Gasteiger partial charge in [-0.2, -0.15) is 0 Å². The summed E-state index contributed by atoms with van der Waals surface area (Å²) in [5.41, 5.74) is 1.68. The Morgan fingerprint density at radius 3 is 3.00 bits per heavy atom. The molecule has 0 bridgehead atoms. The second-order valence-electron chi connectivity index (χ2n) is 4.66. The van der Waals surface area contributed by atoms with Gasteiger partial charge in [0.05, 0.1) is 5.69 Å². The van der Waals surface area contributed by atoms with Crippen LogP contribution in [-0.2, 0) is 6.42 Å². The molecule has 1 unspecified atom stereocenters. The average molecular weight is 289 g/mol. The van der Waals surface area contributed by atoms with Gasteiger partial charge in [-0.3, -0.25) is 4.40 Å². The van der Waals surface area contributed by atoms with Crippen LogP contribution in [0.5, 0.6) is 0 Å². The summed E-state index contributed by atoms with van der Waals surface area (Å²) in [4.78, 5) is 5.54. The highest BCUT2D eigenvalue weighted by Gasteiger charge is 2.16. The van der Waals surface area contributed by atoms with Gasteiger partial charge >= 0.3 is 0 Å². The van der Waals surface area contributed by atoms with Crippen molar-refractivity contribution in [3.05, 3.63) is 59.1 Å². The minimum atomic E-state index is -0.167. The minimum absolute atomic E-state index is 0.0502. The van der Waals surface area contributed by atoms with Crippen molar-refractivity contribution in [2.75, 3.05) is 6.54 Å². The maximum Gasteiger partial charge on any atom is 0.193 e. The summed E-state index contributed by atoms with van der Waals surface area (Å²) in [5, 5.41) is 5.34. The first-order valence-electron chi connectivity index (χ1n) is 6.67. The smallest absolute Gasteiger partial charge is 0.193 e. The summed E-state index contributed by atoms with van der Waals surface area (Å²) in [6.45, 7) is 2.82. The van der Waals surface area contributed by atoms with Crippen molar-refractivity contribution in [1.82, 2.24) is 14.7 Å². The van der Waals surface area contributed by atoms with Gasteiger partial charge in [0.25, 0.3) is 0 Å². The topological polar surface area (TPSA) is 29.3 Å². The molecule has 0 fully saturated rings. The Balaban J connectivity index is 1.87. The first kappa shape index (κ1) is 13.3. The van der Waals surface area contributed by atoms with E-state index < -0.39 is 0 Å². The second kappa shape index (κ2) is 5.73. The quantitative estimate of drug-likeness (QED) is 0.779. The number of nitrogens with zero attached hydrogens (tertiary/aromatic N) is 2. The van der Waals surface area contributed by atoms with Gasteiger partial charge in [0.2, 0.25) is 0 Å². The molecule has 2 aromatic heterocycles. The summed E-state index contributed by atoms with van der Waals surface area (Å²) in [6.07, 6.45) is 4.68. The molecule has 0 spiro atoms. The molecular weight excluding hydrogens is 273 g/mol. The van der Waals surface area contributed by atoms with E-state index in [2.05, 4.69) is 10.3 Å². The maximum atomic E-state index is 13.9. The number of hydrogen-bond donors (Lipinski definition) is 1. The second-order valence-corrected chi connectivity index (χ2v) is 5.53. The maximum absolute atomic E-state index is 13.9. The highest BCUT2D eigenvalue weighted by molar-refractivity contribution is 7.15. The molecule has 3 rings (SSSR count). The van der Waals surface area contributed by atoms with E-state index in [0.717, 1.165) is 17.2 Å². The van der Waals surface area contributed by atoms with Crippen molar-refractivity contribution in [3.8, 4) is 0 Å². The van der Waals surface area contributed by atoms with E-state index in [0.29, 0.717) is 12.0 Å². The summed E-state index contributed by atoms with van der Waals surface area (Å²) in [6, 6.07) is 6.88. The first-order valence-corrected chi connectivity index (χ1v) is 7.54. The Kier molecular flexibility index (Phi) is 3.80. The lowest BCUT2D eigenvalue weighted by Gasteiger charge is -2.17.